The lowest BCUT2D eigenvalue weighted by Gasteiger charge is -2.26. The summed E-state index contributed by atoms with van der Waals surface area (Å²) in [6.45, 7) is 4.49. The summed E-state index contributed by atoms with van der Waals surface area (Å²) in [5, 5.41) is 3.44. The molecule has 1 N–H and O–H groups in total. The summed E-state index contributed by atoms with van der Waals surface area (Å²) in [6.07, 6.45) is 0. The molecule has 0 aliphatic carbocycles. The second kappa shape index (κ2) is 7.89. The summed E-state index contributed by atoms with van der Waals surface area (Å²) in [4.78, 5) is 24.2. The van der Waals surface area contributed by atoms with E-state index in [-0.39, 0.29) is 11.6 Å². The van der Waals surface area contributed by atoms with Gasteiger partial charge in [-0.2, -0.15) is 0 Å². The first-order chi connectivity index (χ1) is 14.7. The van der Waals surface area contributed by atoms with Crippen LogP contribution >= 0.6 is 11.3 Å². The molecule has 0 atom stereocenters. The standard InChI is InChI=1S/C22H20N4O3S/c1-14-7-8-16-17(13-14)30-22(23-16)25-19(27)18-21(26-9-11-28-12-10-26)29-20(24-18)15-5-3-2-4-6-15/h2-8,13H,9-12H2,1H3,(H,23,25,27). The molecule has 1 fully saturated rings. The van der Waals surface area contributed by atoms with Gasteiger partial charge in [-0.15, -0.1) is 0 Å². The minimum Gasteiger partial charge on any atom is -0.420 e. The molecule has 8 heteroatoms. The van der Waals surface area contributed by atoms with E-state index in [0.717, 1.165) is 21.3 Å². The number of aromatic nitrogens is 2. The Morgan fingerprint density at radius 2 is 1.90 bits per heavy atom. The average Bonchev–Trinajstić information content (AvgIpc) is 3.39. The molecular formula is C22H20N4O3S. The Bertz CT molecular complexity index is 1200. The zero-order valence-electron chi connectivity index (χ0n) is 16.4. The predicted molar refractivity (Wildman–Crippen MR) is 117 cm³/mol. The number of nitrogens with zero attached hydrogens (tertiary/aromatic N) is 3. The number of carbonyl (C=O) groups excluding carboxylic acids is 1. The number of carbonyl (C=O) groups is 1. The number of oxazole rings is 1. The van der Waals surface area contributed by atoms with Crippen LogP contribution in [0, 0.1) is 6.92 Å². The van der Waals surface area contributed by atoms with Crippen LogP contribution in [-0.2, 0) is 4.74 Å². The number of ether oxygens (including phenoxy) is 1. The highest BCUT2D eigenvalue weighted by atomic mass is 32.1. The van der Waals surface area contributed by atoms with Crippen molar-refractivity contribution < 1.29 is 13.9 Å². The number of morpholine rings is 1. The first-order valence-corrected chi connectivity index (χ1v) is 10.6. The van der Waals surface area contributed by atoms with E-state index in [9.17, 15) is 4.79 Å². The summed E-state index contributed by atoms with van der Waals surface area (Å²) in [5.74, 6) is 0.548. The van der Waals surface area contributed by atoms with Gasteiger partial charge in [0.05, 0.1) is 23.4 Å². The van der Waals surface area contributed by atoms with Gasteiger partial charge < -0.3 is 14.1 Å². The summed E-state index contributed by atoms with van der Waals surface area (Å²) in [6, 6.07) is 15.6. The van der Waals surface area contributed by atoms with Crippen molar-refractivity contribution in [3.8, 4) is 11.5 Å². The molecule has 1 aliphatic rings. The molecule has 30 heavy (non-hydrogen) atoms. The Hall–Kier alpha value is -3.23. The summed E-state index contributed by atoms with van der Waals surface area (Å²) >= 11 is 1.44. The van der Waals surface area contributed by atoms with Crippen molar-refractivity contribution in [2.45, 2.75) is 6.92 Å². The SMILES string of the molecule is Cc1ccc2nc(NC(=O)c3nc(-c4ccccc4)oc3N3CCOCC3)sc2c1. The fourth-order valence-electron chi connectivity index (χ4n) is 3.39. The number of thiazole rings is 1. The highest BCUT2D eigenvalue weighted by Gasteiger charge is 2.27. The van der Waals surface area contributed by atoms with E-state index >= 15 is 0 Å². The molecule has 4 aromatic rings. The van der Waals surface area contributed by atoms with Crippen molar-refractivity contribution in [2.75, 3.05) is 36.5 Å². The Morgan fingerprint density at radius 3 is 2.70 bits per heavy atom. The van der Waals surface area contributed by atoms with E-state index in [2.05, 4.69) is 21.4 Å². The summed E-state index contributed by atoms with van der Waals surface area (Å²) < 4.78 is 12.5. The lowest BCUT2D eigenvalue weighted by Crippen LogP contribution is -2.37. The molecule has 0 saturated carbocycles. The molecule has 0 radical (unpaired) electrons. The molecule has 0 bridgehead atoms. The molecule has 1 amide bonds. The van der Waals surface area contributed by atoms with Gasteiger partial charge in [-0.05, 0) is 36.8 Å². The number of amides is 1. The second-order valence-corrected chi connectivity index (χ2v) is 8.11. The number of anilines is 2. The molecule has 3 heterocycles. The fourth-order valence-corrected chi connectivity index (χ4v) is 4.35. The maximum absolute atomic E-state index is 13.1. The Kier molecular flexibility index (Phi) is 4.94. The van der Waals surface area contributed by atoms with E-state index in [1.54, 1.807) is 0 Å². The van der Waals surface area contributed by atoms with Gasteiger partial charge in [0, 0.05) is 18.7 Å². The Morgan fingerprint density at radius 1 is 1.10 bits per heavy atom. The first kappa shape index (κ1) is 18.8. The molecule has 0 spiro atoms. The van der Waals surface area contributed by atoms with E-state index in [1.165, 1.54) is 11.3 Å². The van der Waals surface area contributed by atoms with Gasteiger partial charge in [-0.1, -0.05) is 35.6 Å². The lowest BCUT2D eigenvalue weighted by atomic mass is 10.2. The third-order valence-electron chi connectivity index (χ3n) is 4.91. The third-order valence-corrected chi connectivity index (χ3v) is 5.84. The number of aryl methyl sites for hydroxylation is 1. The zero-order valence-corrected chi connectivity index (χ0v) is 17.2. The Balaban J connectivity index is 1.49. The maximum Gasteiger partial charge on any atom is 0.281 e. The van der Waals surface area contributed by atoms with Crippen LogP contribution in [0.2, 0.25) is 0 Å². The number of rotatable bonds is 4. The van der Waals surface area contributed by atoms with Gasteiger partial charge in [0.2, 0.25) is 11.8 Å². The number of nitrogens with one attached hydrogen (secondary N) is 1. The smallest absolute Gasteiger partial charge is 0.281 e. The lowest BCUT2D eigenvalue weighted by molar-refractivity contribution is 0.101. The van der Waals surface area contributed by atoms with Crippen LogP contribution < -0.4 is 10.2 Å². The number of hydrogen-bond donors (Lipinski definition) is 1. The van der Waals surface area contributed by atoms with E-state index in [1.807, 2.05) is 54.3 Å². The number of hydrogen-bond acceptors (Lipinski definition) is 7. The van der Waals surface area contributed by atoms with Crippen LogP contribution in [-0.4, -0.2) is 42.2 Å². The molecular weight excluding hydrogens is 400 g/mol. The summed E-state index contributed by atoms with van der Waals surface area (Å²) in [7, 11) is 0. The Labute approximate surface area is 177 Å². The van der Waals surface area contributed by atoms with Gasteiger partial charge in [-0.25, -0.2) is 9.97 Å². The van der Waals surface area contributed by atoms with E-state index in [0.29, 0.717) is 43.2 Å². The van der Waals surface area contributed by atoms with Crippen LogP contribution in [0.3, 0.4) is 0 Å². The molecule has 1 aliphatic heterocycles. The second-order valence-electron chi connectivity index (χ2n) is 7.08. The quantitative estimate of drug-likeness (QED) is 0.529. The van der Waals surface area contributed by atoms with E-state index in [4.69, 9.17) is 9.15 Å². The van der Waals surface area contributed by atoms with Crippen LogP contribution in [0.5, 0.6) is 0 Å². The average molecular weight is 420 g/mol. The predicted octanol–water partition coefficient (Wildman–Crippen LogP) is 4.35. The number of fused-ring (bicyclic) bond motifs is 1. The van der Waals surface area contributed by atoms with Crippen molar-refractivity contribution in [3.05, 3.63) is 59.8 Å². The van der Waals surface area contributed by atoms with E-state index < -0.39 is 0 Å². The third kappa shape index (κ3) is 3.67. The molecule has 5 rings (SSSR count). The van der Waals surface area contributed by atoms with Crippen LogP contribution in [0.4, 0.5) is 11.0 Å². The van der Waals surface area contributed by atoms with Gasteiger partial charge in [0.1, 0.15) is 0 Å². The minimum absolute atomic E-state index is 0.256. The van der Waals surface area contributed by atoms with Crippen LogP contribution in [0.25, 0.3) is 21.7 Å². The normalized spacial score (nSPS) is 14.2. The first-order valence-electron chi connectivity index (χ1n) is 9.75. The summed E-state index contributed by atoms with van der Waals surface area (Å²) in [5.41, 5.74) is 3.09. The molecule has 152 valence electrons. The fraction of sp³-hybridized carbons (Fsp3) is 0.227. The van der Waals surface area contributed by atoms with Gasteiger partial charge >= 0.3 is 0 Å². The van der Waals surface area contributed by atoms with Crippen molar-refractivity contribution in [2.24, 2.45) is 0 Å². The topological polar surface area (TPSA) is 80.5 Å². The van der Waals surface area contributed by atoms with Crippen molar-refractivity contribution in [1.29, 1.82) is 0 Å². The van der Waals surface area contributed by atoms with Gasteiger partial charge in [-0.3, -0.25) is 10.1 Å². The largest absolute Gasteiger partial charge is 0.420 e. The molecule has 7 nitrogen and oxygen atoms in total. The van der Waals surface area contributed by atoms with Crippen LogP contribution in [0.1, 0.15) is 16.1 Å². The van der Waals surface area contributed by atoms with Crippen molar-refractivity contribution in [3.63, 3.8) is 0 Å². The minimum atomic E-state index is -0.335. The molecule has 1 saturated heterocycles. The van der Waals surface area contributed by atoms with Crippen molar-refractivity contribution >= 4 is 38.5 Å². The van der Waals surface area contributed by atoms with Crippen molar-refractivity contribution in [1.82, 2.24) is 9.97 Å². The van der Waals surface area contributed by atoms with Gasteiger partial charge in [0.25, 0.3) is 5.91 Å². The molecule has 0 unspecified atom stereocenters. The van der Waals surface area contributed by atoms with Gasteiger partial charge in [0.15, 0.2) is 10.8 Å². The highest BCUT2D eigenvalue weighted by Crippen LogP contribution is 2.31. The monoisotopic (exact) mass is 420 g/mol. The zero-order chi connectivity index (χ0) is 20.5. The molecule has 2 aromatic heterocycles. The molecule has 2 aromatic carbocycles. The maximum atomic E-state index is 13.1. The van der Waals surface area contributed by atoms with Crippen LogP contribution in [0.15, 0.2) is 52.9 Å². The highest BCUT2D eigenvalue weighted by molar-refractivity contribution is 7.22. The number of benzene rings is 2.